The van der Waals surface area contributed by atoms with Crippen molar-refractivity contribution in [2.24, 2.45) is 0 Å². The number of hydrogen-bond donors (Lipinski definition) is 0. The van der Waals surface area contributed by atoms with Crippen molar-refractivity contribution in [3.8, 4) is 5.69 Å². The van der Waals surface area contributed by atoms with Crippen LogP contribution in [0.1, 0.15) is 35.1 Å². The Labute approximate surface area is 126 Å². The number of carbonyl (C=O) groups is 1. The SMILES string of the molecule is CCOC(=O)c1c(C(F)(F)F)nnn1-c1ccc(C(F)F)cc1. The lowest BCUT2D eigenvalue weighted by Crippen LogP contribution is -2.18. The largest absolute Gasteiger partial charge is 0.461 e. The van der Waals surface area contributed by atoms with Gasteiger partial charge in [-0.25, -0.2) is 18.3 Å². The predicted octanol–water partition coefficient (Wildman–Crippen LogP) is 3.40. The third-order valence-corrected chi connectivity index (χ3v) is 2.80. The highest BCUT2D eigenvalue weighted by Gasteiger charge is 2.41. The van der Waals surface area contributed by atoms with Gasteiger partial charge >= 0.3 is 12.1 Å². The molecule has 0 saturated carbocycles. The van der Waals surface area contributed by atoms with Gasteiger partial charge in [0.1, 0.15) is 0 Å². The number of carbonyl (C=O) groups excluding carboxylic acids is 1. The number of benzene rings is 1. The van der Waals surface area contributed by atoms with Crippen molar-refractivity contribution in [2.75, 3.05) is 6.61 Å². The summed E-state index contributed by atoms with van der Waals surface area (Å²) in [6.45, 7) is 1.28. The molecule has 2 rings (SSSR count). The second-order valence-electron chi connectivity index (χ2n) is 4.31. The summed E-state index contributed by atoms with van der Waals surface area (Å²) < 4.78 is 69.0. The van der Waals surface area contributed by atoms with Crippen LogP contribution in [0.15, 0.2) is 24.3 Å². The van der Waals surface area contributed by atoms with Crippen LogP contribution in [0, 0.1) is 0 Å². The second kappa shape index (κ2) is 6.31. The Morgan fingerprint density at radius 1 is 1.26 bits per heavy atom. The first-order valence-electron chi connectivity index (χ1n) is 6.34. The summed E-state index contributed by atoms with van der Waals surface area (Å²) in [5.41, 5.74) is -2.76. The van der Waals surface area contributed by atoms with E-state index in [4.69, 9.17) is 0 Å². The van der Waals surface area contributed by atoms with Gasteiger partial charge in [0, 0.05) is 5.56 Å². The molecule has 23 heavy (non-hydrogen) atoms. The topological polar surface area (TPSA) is 57.0 Å². The Kier molecular flexibility index (Phi) is 4.62. The van der Waals surface area contributed by atoms with Gasteiger partial charge in [-0.05, 0) is 19.1 Å². The summed E-state index contributed by atoms with van der Waals surface area (Å²) in [7, 11) is 0. The monoisotopic (exact) mass is 335 g/mol. The van der Waals surface area contributed by atoms with Gasteiger partial charge in [0.15, 0.2) is 5.69 Å². The van der Waals surface area contributed by atoms with Crippen LogP contribution in [0.25, 0.3) is 5.69 Å². The Balaban J connectivity index is 2.54. The molecule has 10 heteroatoms. The fourth-order valence-electron chi connectivity index (χ4n) is 1.80. The van der Waals surface area contributed by atoms with Crippen LogP contribution >= 0.6 is 0 Å². The predicted molar refractivity (Wildman–Crippen MR) is 67.3 cm³/mol. The summed E-state index contributed by atoms with van der Waals surface area (Å²) in [5, 5.41) is 6.25. The number of halogens is 5. The molecule has 0 bridgehead atoms. The Hall–Kier alpha value is -2.52. The molecule has 0 aliphatic carbocycles. The first kappa shape index (κ1) is 16.8. The molecular weight excluding hydrogens is 325 g/mol. The number of ether oxygens (including phenoxy) is 1. The van der Waals surface area contributed by atoms with E-state index in [-0.39, 0.29) is 17.9 Å². The van der Waals surface area contributed by atoms with Crippen molar-refractivity contribution in [2.45, 2.75) is 19.5 Å². The van der Waals surface area contributed by atoms with Crippen LogP contribution in [0.3, 0.4) is 0 Å². The van der Waals surface area contributed by atoms with Crippen LogP contribution in [0.5, 0.6) is 0 Å². The summed E-state index contributed by atoms with van der Waals surface area (Å²) in [6.07, 6.45) is -7.64. The zero-order chi connectivity index (χ0) is 17.2. The summed E-state index contributed by atoms with van der Waals surface area (Å²) in [5.74, 6) is -1.26. The van der Waals surface area contributed by atoms with E-state index in [0.29, 0.717) is 4.68 Å². The molecule has 1 aromatic heterocycles. The Bertz CT molecular complexity index is 695. The van der Waals surface area contributed by atoms with E-state index in [2.05, 4.69) is 15.0 Å². The quantitative estimate of drug-likeness (QED) is 0.635. The zero-order valence-electron chi connectivity index (χ0n) is 11.6. The Morgan fingerprint density at radius 3 is 2.35 bits per heavy atom. The minimum Gasteiger partial charge on any atom is -0.461 e. The minimum absolute atomic E-state index is 0.0274. The van der Waals surface area contributed by atoms with Gasteiger partial charge in [0.2, 0.25) is 5.69 Å². The first-order chi connectivity index (χ1) is 10.8. The van der Waals surface area contributed by atoms with Crippen molar-refractivity contribution < 1.29 is 31.5 Å². The number of aromatic nitrogens is 3. The van der Waals surface area contributed by atoms with Crippen molar-refractivity contribution in [1.82, 2.24) is 15.0 Å². The van der Waals surface area contributed by atoms with Crippen LogP contribution < -0.4 is 0 Å². The van der Waals surface area contributed by atoms with Gasteiger partial charge in [-0.15, -0.1) is 5.10 Å². The number of alkyl halides is 5. The molecule has 0 saturated heterocycles. The van der Waals surface area contributed by atoms with Gasteiger partial charge in [0.25, 0.3) is 6.43 Å². The van der Waals surface area contributed by atoms with E-state index in [1.54, 1.807) is 0 Å². The van der Waals surface area contributed by atoms with E-state index >= 15 is 0 Å². The lowest BCUT2D eigenvalue weighted by atomic mass is 10.2. The van der Waals surface area contributed by atoms with Crippen molar-refractivity contribution in [3.05, 3.63) is 41.2 Å². The van der Waals surface area contributed by atoms with E-state index in [1.165, 1.54) is 6.92 Å². The maximum Gasteiger partial charge on any atom is 0.437 e. The molecule has 124 valence electrons. The third-order valence-electron chi connectivity index (χ3n) is 2.80. The molecule has 0 aliphatic heterocycles. The summed E-state index contributed by atoms with van der Waals surface area (Å²) in [6, 6.07) is 4.26. The van der Waals surface area contributed by atoms with Gasteiger partial charge in [-0.1, -0.05) is 17.3 Å². The normalized spacial score (nSPS) is 11.8. The molecule has 5 nitrogen and oxygen atoms in total. The van der Waals surface area contributed by atoms with Crippen molar-refractivity contribution in [3.63, 3.8) is 0 Å². The van der Waals surface area contributed by atoms with E-state index in [9.17, 15) is 26.7 Å². The van der Waals surface area contributed by atoms with Gasteiger partial charge in [0.05, 0.1) is 12.3 Å². The number of esters is 1. The standard InChI is InChI=1S/C13H10F5N3O2/c1-2-23-12(22)9-10(13(16,17)18)19-20-21(9)8-5-3-7(4-6-8)11(14)15/h3-6,11H,2H2,1H3. The molecule has 0 atom stereocenters. The number of rotatable bonds is 4. The fourth-order valence-corrected chi connectivity index (χ4v) is 1.80. The molecular formula is C13H10F5N3O2. The number of hydrogen-bond acceptors (Lipinski definition) is 4. The molecule has 0 spiro atoms. The van der Waals surface area contributed by atoms with E-state index in [0.717, 1.165) is 24.3 Å². The minimum atomic E-state index is -4.91. The van der Waals surface area contributed by atoms with Crippen LogP contribution in [0.4, 0.5) is 22.0 Å². The number of nitrogens with zero attached hydrogens (tertiary/aromatic N) is 3. The first-order valence-corrected chi connectivity index (χ1v) is 6.34. The average molecular weight is 335 g/mol. The molecule has 1 aromatic carbocycles. The van der Waals surface area contributed by atoms with Gasteiger partial charge in [-0.3, -0.25) is 0 Å². The second-order valence-corrected chi connectivity index (χ2v) is 4.31. The van der Waals surface area contributed by atoms with E-state index in [1.807, 2.05) is 0 Å². The highest BCUT2D eigenvalue weighted by Crippen LogP contribution is 2.31. The van der Waals surface area contributed by atoms with Crippen LogP contribution in [-0.2, 0) is 10.9 Å². The van der Waals surface area contributed by atoms with E-state index < -0.39 is 30.0 Å². The van der Waals surface area contributed by atoms with Gasteiger partial charge in [-0.2, -0.15) is 13.2 Å². The summed E-state index contributed by atoms with van der Waals surface area (Å²) >= 11 is 0. The molecule has 1 heterocycles. The van der Waals surface area contributed by atoms with Crippen molar-refractivity contribution in [1.29, 1.82) is 0 Å². The molecule has 2 aromatic rings. The highest BCUT2D eigenvalue weighted by atomic mass is 19.4. The molecule has 0 amide bonds. The third kappa shape index (κ3) is 3.46. The van der Waals surface area contributed by atoms with Crippen LogP contribution in [0.2, 0.25) is 0 Å². The van der Waals surface area contributed by atoms with Gasteiger partial charge < -0.3 is 4.74 Å². The zero-order valence-corrected chi connectivity index (χ0v) is 11.6. The summed E-state index contributed by atoms with van der Waals surface area (Å²) in [4.78, 5) is 11.8. The maximum atomic E-state index is 12.9. The molecule has 0 unspecified atom stereocenters. The lowest BCUT2D eigenvalue weighted by molar-refractivity contribution is -0.141. The smallest absolute Gasteiger partial charge is 0.437 e. The lowest BCUT2D eigenvalue weighted by Gasteiger charge is -2.09. The maximum absolute atomic E-state index is 12.9. The molecule has 0 aliphatic rings. The molecule has 0 N–H and O–H groups in total. The highest BCUT2D eigenvalue weighted by molar-refractivity contribution is 5.89. The fraction of sp³-hybridized carbons (Fsp3) is 0.308. The van der Waals surface area contributed by atoms with Crippen LogP contribution in [-0.4, -0.2) is 27.6 Å². The molecule has 0 fully saturated rings. The van der Waals surface area contributed by atoms with Crippen molar-refractivity contribution >= 4 is 5.97 Å². The molecule has 0 radical (unpaired) electrons. The average Bonchev–Trinajstić information content (AvgIpc) is 2.92. The Morgan fingerprint density at radius 2 is 1.87 bits per heavy atom.